The molecule has 0 aliphatic carbocycles. The fraction of sp³-hybridized carbons (Fsp3) is 0.250. The van der Waals surface area contributed by atoms with Crippen molar-refractivity contribution in [3.63, 3.8) is 0 Å². The summed E-state index contributed by atoms with van der Waals surface area (Å²) in [4.78, 5) is 7.04. The fourth-order valence-corrected chi connectivity index (χ4v) is 1.24. The molecule has 0 unspecified atom stereocenters. The summed E-state index contributed by atoms with van der Waals surface area (Å²) in [5, 5.41) is 0. The van der Waals surface area contributed by atoms with Crippen molar-refractivity contribution in [1.82, 2.24) is 14.4 Å². The quantitative estimate of drug-likeness (QED) is 0.653. The number of aromatic nitrogens is 3. The number of alkyl halides is 3. The third-order valence-electron chi connectivity index (χ3n) is 1.76. The van der Waals surface area contributed by atoms with Crippen molar-refractivity contribution < 1.29 is 13.2 Å². The van der Waals surface area contributed by atoms with Gasteiger partial charge in [0.25, 0.3) is 0 Å². The van der Waals surface area contributed by atoms with Crippen molar-refractivity contribution >= 4 is 5.65 Å². The molecule has 2 rings (SSSR count). The first kappa shape index (κ1) is 8.98. The van der Waals surface area contributed by atoms with Gasteiger partial charge in [0.05, 0.1) is 5.69 Å². The van der Waals surface area contributed by atoms with E-state index in [1.807, 2.05) is 0 Å². The SMILES string of the molecule is Cc1cn2ccnc(C(F)(F)F)c2n1. The highest BCUT2D eigenvalue weighted by Crippen LogP contribution is 2.29. The molecule has 6 heteroatoms. The lowest BCUT2D eigenvalue weighted by molar-refractivity contribution is -0.140. The van der Waals surface area contributed by atoms with Crippen LogP contribution in [-0.2, 0) is 6.18 Å². The highest BCUT2D eigenvalue weighted by molar-refractivity contribution is 5.46. The Labute approximate surface area is 77.2 Å². The zero-order valence-corrected chi connectivity index (χ0v) is 7.21. The summed E-state index contributed by atoms with van der Waals surface area (Å²) in [5.41, 5.74) is -0.575. The maximum atomic E-state index is 12.4. The maximum Gasteiger partial charge on any atom is 0.437 e. The van der Waals surface area contributed by atoms with E-state index in [0.717, 1.165) is 6.20 Å². The number of hydrogen-bond donors (Lipinski definition) is 0. The Kier molecular flexibility index (Phi) is 1.73. The van der Waals surface area contributed by atoms with E-state index < -0.39 is 11.9 Å². The minimum Gasteiger partial charge on any atom is -0.303 e. The van der Waals surface area contributed by atoms with E-state index in [-0.39, 0.29) is 5.65 Å². The van der Waals surface area contributed by atoms with Gasteiger partial charge in [-0.05, 0) is 6.92 Å². The molecule has 14 heavy (non-hydrogen) atoms. The van der Waals surface area contributed by atoms with E-state index >= 15 is 0 Å². The lowest BCUT2D eigenvalue weighted by Gasteiger charge is -2.05. The highest BCUT2D eigenvalue weighted by Gasteiger charge is 2.35. The molecular formula is C8H6F3N3. The minimum absolute atomic E-state index is 0.155. The van der Waals surface area contributed by atoms with Crippen LogP contribution in [0.3, 0.4) is 0 Å². The van der Waals surface area contributed by atoms with Gasteiger partial charge in [0.15, 0.2) is 11.3 Å². The summed E-state index contributed by atoms with van der Waals surface area (Å²) in [5.74, 6) is 0. The van der Waals surface area contributed by atoms with Gasteiger partial charge in [0.1, 0.15) is 0 Å². The van der Waals surface area contributed by atoms with Crippen molar-refractivity contribution in [3.8, 4) is 0 Å². The predicted octanol–water partition coefficient (Wildman–Crippen LogP) is 2.06. The number of halogens is 3. The molecule has 0 aliphatic heterocycles. The predicted molar refractivity (Wildman–Crippen MR) is 42.7 cm³/mol. The molecule has 0 N–H and O–H groups in total. The van der Waals surface area contributed by atoms with Crippen LogP contribution in [0.2, 0.25) is 0 Å². The average molecular weight is 201 g/mol. The van der Waals surface area contributed by atoms with E-state index in [1.165, 1.54) is 16.8 Å². The zero-order valence-electron chi connectivity index (χ0n) is 7.21. The Balaban J connectivity index is 2.77. The van der Waals surface area contributed by atoms with Crippen LogP contribution in [0.25, 0.3) is 5.65 Å². The Morgan fingerprint density at radius 2 is 2.07 bits per heavy atom. The Morgan fingerprint density at radius 1 is 1.36 bits per heavy atom. The topological polar surface area (TPSA) is 30.2 Å². The molecule has 2 heterocycles. The van der Waals surface area contributed by atoms with E-state index in [2.05, 4.69) is 9.97 Å². The first-order chi connectivity index (χ1) is 6.48. The molecule has 0 saturated heterocycles. The minimum atomic E-state index is -4.46. The fourth-order valence-electron chi connectivity index (χ4n) is 1.24. The molecule has 0 amide bonds. The van der Waals surface area contributed by atoms with Crippen molar-refractivity contribution in [2.45, 2.75) is 13.1 Å². The normalized spacial score (nSPS) is 12.3. The zero-order chi connectivity index (χ0) is 10.3. The Morgan fingerprint density at radius 3 is 2.71 bits per heavy atom. The lowest BCUT2D eigenvalue weighted by Crippen LogP contribution is -2.10. The number of rotatable bonds is 0. The number of fused-ring (bicyclic) bond motifs is 1. The van der Waals surface area contributed by atoms with Gasteiger partial charge in [-0.1, -0.05) is 0 Å². The van der Waals surface area contributed by atoms with Crippen LogP contribution in [0.5, 0.6) is 0 Å². The van der Waals surface area contributed by atoms with Crippen molar-refractivity contribution in [2.24, 2.45) is 0 Å². The lowest BCUT2D eigenvalue weighted by atomic mass is 10.4. The van der Waals surface area contributed by atoms with E-state index in [9.17, 15) is 13.2 Å². The van der Waals surface area contributed by atoms with Crippen LogP contribution in [0.15, 0.2) is 18.6 Å². The number of aryl methyl sites for hydroxylation is 1. The number of hydrogen-bond acceptors (Lipinski definition) is 2. The Bertz CT molecular complexity index is 472. The molecule has 0 aromatic carbocycles. The molecule has 3 nitrogen and oxygen atoms in total. The molecule has 0 saturated carbocycles. The maximum absolute atomic E-state index is 12.4. The summed E-state index contributed by atoms with van der Waals surface area (Å²) in [7, 11) is 0. The second-order valence-electron chi connectivity index (χ2n) is 2.89. The average Bonchev–Trinajstić information content (AvgIpc) is 2.41. The van der Waals surface area contributed by atoms with Gasteiger partial charge in [-0.3, -0.25) is 0 Å². The van der Waals surface area contributed by atoms with Gasteiger partial charge in [0.2, 0.25) is 0 Å². The third-order valence-corrected chi connectivity index (χ3v) is 1.76. The molecule has 2 aromatic heterocycles. The molecular weight excluding hydrogens is 195 g/mol. The second kappa shape index (κ2) is 2.70. The standard InChI is InChI=1S/C8H6F3N3/c1-5-4-14-3-2-12-6(7(14)13-5)8(9,10)11/h2-4H,1H3. The van der Waals surface area contributed by atoms with Crippen molar-refractivity contribution in [3.05, 3.63) is 30.0 Å². The summed E-state index contributed by atoms with van der Waals surface area (Å²) < 4.78 is 38.5. The molecule has 0 fully saturated rings. The molecule has 0 spiro atoms. The summed E-state index contributed by atoms with van der Waals surface area (Å²) in [6.45, 7) is 1.63. The summed E-state index contributed by atoms with van der Waals surface area (Å²) >= 11 is 0. The van der Waals surface area contributed by atoms with Crippen LogP contribution in [-0.4, -0.2) is 14.4 Å². The smallest absolute Gasteiger partial charge is 0.303 e. The van der Waals surface area contributed by atoms with Crippen LogP contribution in [0, 0.1) is 6.92 Å². The van der Waals surface area contributed by atoms with Crippen LogP contribution >= 0.6 is 0 Å². The largest absolute Gasteiger partial charge is 0.437 e. The van der Waals surface area contributed by atoms with Crippen molar-refractivity contribution in [1.29, 1.82) is 0 Å². The van der Waals surface area contributed by atoms with Crippen LogP contribution in [0.4, 0.5) is 13.2 Å². The van der Waals surface area contributed by atoms with Gasteiger partial charge < -0.3 is 4.40 Å². The van der Waals surface area contributed by atoms with E-state index in [1.54, 1.807) is 6.92 Å². The van der Waals surface area contributed by atoms with Crippen molar-refractivity contribution in [2.75, 3.05) is 0 Å². The van der Waals surface area contributed by atoms with Crippen LogP contribution in [0.1, 0.15) is 11.4 Å². The first-order valence-corrected chi connectivity index (χ1v) is 3.86. The third kappa shape index (κ3) is 1.32. The molecule has 0 radical (unpaired) electrons. The molecule has 0 atom stereocenters. The molecule has 2 aromatic rings. The van der Waals surface area contributed by atoms with Gasteiger partial charge >= 0.3 is 6.18 Å². The Hall–Kier alpha value is -1.59. The second-order valence-corrected chi connectivity index (χ2v) is 2.89. The summed E-state index contributed by atoms with van der Waals surface area (Å²) in [6, 6.07) is 0. The van der Waals surface area contributed by atoms with Gasteiger partial charge in [-0.15, -0.1) is 0 Å². The van der Waals surface area contributed by atoms with E-state index in [4.69, 9.17) is 0 Å². The first-order valence-electron chi connectivity index (χ1n) is 3.86. The van der Waals surface area contributed by atoms with Gasteiger partial charge in [0, 0.05) is 18.6 Å². The highest BCUT2D eigenvalue weighted by atomic mass is 19.4. The van der Waals surface area contributed by atoms with Gasteiger partial charge in [-0.25, -0.2) is 9.97 Å². The van der Waals surface area contributed by atoms with Gasteiger partial charge in [-0.2, -0.15) is 13.2 Å². The molecule has 0 bridgehead atoms. The number of nitrogens with zero attached hydrogens (tertiary/aromatic N) is 3. The monoisotopic (exact) mass is 201 g/mol. The van der Waals surface area contributed by atoms with E-state index in [0.29, 0.717) is 5.69 Å². The molecule has 0 aliphatic rings. The molecule has 74 valence electrons. The summed E-state index contributed by atoms with van der Waals surface area (Å²) in [6.07, 6.45) is -0.395. The van der Waals surface area contributed by atoms with Crippen LogP contribution < -0.4 is 0 Å². The number of imidazole rings is 1.